The quantitative estimate of drug-likeness (QED) is 0.748. The van der Waals surface area contributed by atoms with E-state index in [2.05, 4.69) is 15.9 Å². The number of anilines is 1. The van der Waals surface area contributed by atoms with Crippen LogP contribution in [0.5, 0.6) is 0 Å². The Balaban J connectivity index is 1.99. The summed E-state index contributed by atoms with van der Waals surface area (Å²) in [6.07, 6.45) is 5.76. The number of para-hydroxylation sites is 2. The molecule has 4 nitrogen and oxygen atoms in total. The first-order chi connectivity index (χ1) is 8.28. The van der Waals surface area contributed by atoms with Crippen LogP contribution in [0.4, 0.5) is 5.95 Å². The summed E-state index contributed by atoms with van der Waals surface area (Å²) in [5, 5.41) is 0. The van der Waals surface area contributed by atoms with Gasteiger partial charge in [0.2, 0.25) is 11.9 Å². The summed E-state index contributed by atoms with van der Waals surface area (Å²) in [5.41, 5.74) is 1.79. The van der Waals surface area contributed by atoms with Crippen LogP contribution in [-0.4, -0.2) is 22.4 Å². The predicted molar refractivity (Wildman–Crippen MR) is 65.4 cm³/mol. The number of hydrogen-bond acceptors (Lipinski definition) is 2. The number of nitrogens with one attached hydrogen (secondary N) is 1. The molecule has 2 aromatic rings. The number of benzene rings is 1. The Hall–Kier alpha value is -2.28. The van der Waals surface area contributed by atoms with Crippen molar-refractivity contribution in [1.29, 1.82) is 0 Å². The molecule has 1 N–H and O–H groups in total. The first kappa shape index (κ1) is 9.91. The minimum atomic E-state index is -0.00397. The second kappa shape index (κ2) is 3.63. The second-order valence-corrected chi connectivity index (χ2v) is 4.15. The predicted octanol–water partition coefficient (Wildman–Crippen LogP) is 1.55. The number of aromatic amines is 1. The number of amides is 1. The zero-order valence-corrected chi connectivity index (χ0v) is 9.18. The van der Waals surface area contributed by atoms with E-state index >= 15 is 0 Å². The van der Waals surface area contributed by atoms with Crippen LogP contribution in [0.25, 0.3) is 11.0 Å². The number of carbonyl (C=O) groups is 1. The largest absolute Gasteiger partial charge is 0.324 e. The van der Waals surface area contributed by atoms with Crippen LogP contribution in [-0.2, 0) is 4.79 Å². The zero-order chi connectivity index (χ0) is 11.8. The third kappa shape index (κ3) is 1.56. The van der Waals surface area contributed by atoms with E-state index in [1.165, 1.54) is 0 Å². The average molecular weight is 225 g/mol. The molecule has 1 aromatic carbocycles. The third-order valence-electron chi connectivity index (χ3n) is 2.99. The van der Waals surface area contributed by atoms with E-state index in [4.69, 9.17) is 6.42 Å². The van der Waals surface area contributed by atoms with Gasteiger partial charge in [-0.2, -0.15) is 0 Å². The SMILES string of the molecule is C#CC1CC(=O)N(c2nc3ccccc3[nH]2)C1. The number of carbonyl (C=O) groups excluding carboxylic acids is 1. The van der Waals surface area contributed by atoms with E-state index in [1.54, 1.807) is 4.90 Å². The number of H-pyrrole nitrogens is 1. The molecule has 1 aliphatic rings. The summed E-state index contributed by atoms with van der Waals surface area (Å²) >= 11 is 0. The van der Waals surface area contributed by atoms with Crippen LogP contribution in [0.15, 0.2) is 24.3 Å². The lowest BCUT2D eigenvalue weighted by atomic mass is 10.1. The van der Waals surface area contributed by atoms with Gasteiger partial charge in [-0.1, -0.05) is 12.1 Å². The standard InChI is InChI=1S/C13H11N3O/c1-2-9-7-12(17)16(8-9)13-14-10-5-3-4-6-11(10)15-13/h1,3-6,9H,7-8H2,(H,14,15). The topological polar surface area (TPSA) is 49.0 Å². The van der Waals surface area contributed by atoms with Crippen LogP contribution in [0.1, 0.15) is 6.42 Å². The zero-order valence-electron chi connectivity index (χ0n) is 9.18. The van der Waals surface area contributed by atoms with Gasteiger partial charge in [-0.25, -0.2) is 4.98 Å². The Morgan fingerprint density at radius 3 is 3.00 bits per heavy atom. The smallest absolute Gasteiger partial charge is 0.230 e. The molecule has 4 heteroatoms. The fourth-order valence-electron chi connectivity index (χ4n) is 2.09. The summed E-state index contributed by atoms with van der Waals surface area (Å²) < 4.78 is 0. The lowest BCUT2D eigenvalue weighted by molar-refractivity contribution is -0.117. The molecule has 0 aliphatic carbocycles. The Morgan fingerprint density at radius 2 is 2.29 bits per heavy atom. The molecule has 1 fully saturated rings. The van der Waals surface area contributed by atoms with Gasteiger partial charge in [0.1, 0.15) is 0 Å². The lowest BCUT2D eigenvalue weighted by Crippen LogP contribution is -2.25. The number of nitrogens with zero attached hydrogens (tertiary/aromatic N) is 2. The van der Waals surface area contributed by atoms with Gasteiger partial charge in [-0.05, 0) is 12.1 Å². The number of aromatic nitrogens is 2. The molecule has 1 atom stereocenters. The van der Waals surface area contributed by atoms with E-state index in [-0.39, 0.29) is 11.8 Å². The molecular weight excluding hydrogens is 214 g/mol. The number of terminal acetylenes is 1. The molecule has 84 valence electrons. The van der Waals surface area contributed by atoms with Gasteiger partial charge in [0.15, 0.2) is 0 Å². The maximum Gasteiger partial charge on any atom is 0.230 e. The van der Waals surface area contributed by atoms with Crippen molar-refractivity contribution >= 4 is 22.9 Å². The fourth-order valence-corrected chi connectivity index (χ4v) is 2.09. The molecular formula is C13H11N3O. The van der Waals surface area contributed by atoms with Crippen molar-refractivity contribution < 1.29 is 4.79 Å². The van der Waals surface area contributed by atoms with Crippen LogP contribution < -0.4 is 4.90 Å². The Morgan fingerprint density at radius 1 is 1.47 bits per heavy atom. The highest BCUT2D eigenvalue weighted by atomic mass is 16.2. The first-order valence-corrected chi connectivity index (χ1v) is 5.49. The molecule has 1 aromatic heterocycles. The molecule has 1 aliphatic heterocycles. The highest BCUT2D eigenvalue weighted by Crippen LogP contribution is 2.24. The second-order valence-electron chi connectivity index (χ2n) is 4.15. The van der Waals surface area contributed by atoms with Gasteiger partial charge in [-0.15, -0.1) is 12.3 Å². The number of rotatable bonds is 1. The van der Waals surface area contributed by atoms with Crippen molar-refractivity contribution in [3.05, 3.63) is 24.3 Å². The van der Waals surface area contributed by atoms with Gasteiger partial charge in [0.25, 0.3) is 0 Å². The van der Waals surface area contributed by atoms with Crippen LogP contribution in [0.2, 0.25) is 0 Å². The van der Waals surface area contributed by atoms with E-state index in [9.17, 15) is 4.79 Å². The van der Waals surface area contributed by atoms with Gasteiger partial charge < -0.3 is 4.98 Å². The third-order valence-corrected chi connectivity index (χ3v) is 2.99. The summed E-state index contributed by atoms with van der Waals surface area (Å²) in [5.74, 6) is 3.25. The average Bonchev–Trinajstić information content (AvgIpc) is 2.91. The first-order valence-electron chi connectivity index (χ1n) is 5.49. The van der Waals surface area contributed by atoms with Crippen molar-refractivity contribution in [3.63, 3.8) is 0 Å². The van der Waals surface area contributed by atoms with Crippen molar-refractivity contribution in [1.82, 2.24) is 9.97 Å². The van der Waals surface area contributed by atoms with Gasteiger partial charge in [-0.3, -0.25) is 9.69 Å². The summed E-state index contributed by atoms with van der Waals surface area (Å²) in [6, 6.07) is 7.70. The maximum atomic E-state index is 11.8. The molecule has 1 amide bonds. The molecule has 2 heterocycles. The van der Waals surface area contributed by atoms with Gasteiger partial charge >= 0.3 is 0 Å². The summed E-state index contributed by atoms with van der Waals surface area (Å²) in [6.45, 7) is 0.551. The van der Waals surface area contributed by atoms with E-state index in [1.807, 2.05) is 24.3 Å². The number of imidazole rings is 1. The van der Waals surface area contributed by atoms with Gasteiger partial charge in [0, 0.05) is 18.9 Å². The van der Waals surface area contributed by atoms with Crippen LogP contribution in [0.3, 0.4) is 0 Å². The monoisotopic (exact) mass is 225 g/mol. The molecule has 1 saturated heterocycles. The fraction of sp³-hybridized carbons (Fsp3) is 0.231. The van der Waals surface area contributed by atoms with Crippen molar-refractivity contribution in [3.8, 4) is 12.3 Å². The molecule has 3 rings (SSSR count). The Labute approximate surface area is 98.6 Å². The lowest BCUT2D eigenvalue weighted by Gasteiger charge is -2.11. The van der Waals surface area contributed by atoms with E-state index in [0.29, 0.717) is 18.9 Å². The number of fused-ring (bicyclic) bond motifs is 1. The highest BCUT2D eigenvalue weighted by Gasteiger charge is 2.31. The Bertz CT molecular complexity index is 590. The minimum Gasteiger partial charge on any atom is -0.324 e. The summed E-state index contributed by atoms with van der Waals surface area (Å²) in [4.78, 5) is 21.0. The Kier molecular flexibility index (Phi) is 2.12. The molecule has 17 heavy (non-hydrogen) atoms. The van der Waals surface area contributed by atoms with Crippen molar-refractivity contribution in [2.75, 3.05) is 11.4 Å². The number of hydrogen-bond donors (Lipinski definition) is 1. The van der Waals surface area contributed by atoms with Crippen molar-refractivity contribution in [2.45, 2.75) is 6.42 Å². The van der Waals surface area contributed by atoms with E-state index < -0.39 is 0 Å². The molecule has 1 unspecified atom stereocenters. The molecule has 0 spiro atoms. The maximum absolute atomic E-state index is 11.8. The highest BCUT2D eigenvalue weighted by molar-refractivity contribution is 5.96. The van der Waals surface area contributed by atoms with Crippen molar-refractivity contribution in [2.24, 2.45) is 5.92 Å². The van der Waals surface area contributed by atoms with E-state index in [0.717, 1.165) is 11.0 Å². The normalized spacial score (nSPS) is 19.8. The van der Waals surface area contributed by atoms with Crippen LogP contribution in [0, 0.1) is 18.3 Å². The molecule has 0 saturated carbocycles. The molecule has 0 radical (unpaired) electrons. The minimum absolute atomic E-state index is 0.00397. The molecule has 0 bridgehead atoms. The summed E-state index contributed by atoms with van der Waals surface area (Å²) in [7, 11) is 0. The van der Waals surface area contributed by atoms with Crippen LogP contribution >= 0.6 is 0 Å². The van der Waals surface area contributed by atoms with Gasteiger partial charge in [0.05, 0.1) is 11.0 Å².